The van der Waals surface area contributed by atoms with Gasteiger partial charge in [0.1, 0.15) is 0 Å². The highest BCUT2D eigenvalue weighted by Crippen LogP contribution is 2.20. The maximum Gasteiger partial charge on any atom is 0.0132 e. The highest BCUT2D eigenvalue weighted by molar-refractivity contribution is 7.99. The smallest absolute Gasteiger partial charge is 0.0132 e. The van der Waals surface area contributed by atoms with Crippen LogP contribution in [0.4, 0.5) is 0 Å². The Morgan fingerprint density at radius 2 is 1.94 bits per heavy atom. The maximum atomic E-state index is 3.76. The average Bonchev–Trinajstić information content (AvgIpc) is 2.27. The Bertz CT molecular complexity index is 179. The van der Waals surface area contributed by atoms with Crippen molar-refractivity contribution in [1.29, 1.82) is 0 Å². The van der Waals surface area contributed by atoms with Gasteiger partial charge in [0, 0.05) is 17.8 Å². The Labute approximate surface area is 106 Å². The first kappa shape index (κ1) is 14.3. The standard InChI is InChI=1S/C13H28N2S/c1-5-16-10-11(2)14-12(3)13-6-8-15(4)9-7-13/h11-14H,5-10H2,1-4H3. The quantitative estimate of drug-likeness (QED) is 0.772. The minimum Gasteiger partial charge on any atom is -0.311 e. The van der Waals surface area contributed by atoms with Crippen molar-refractivity contribution in [1.82, 2.24) is 10.2 Å². The Morgan fingerprint density at radius 3 is 2.50 bits per heavy atom. The molecule has 0 aromatic heterocycles. The Morgan fingerprint density at radius 1 is 1.31 bits per heavy atom. The van der Waals surface area contributed by atoms with Crippen molar-refractivity contribution in [2.45, 2.75) is 45.7 Å². The first-order valence-corrected chi connectivity index (χ1v) is 7.81. The summed E-state index contributed by atoms with van der Waals surface area (Å²) in [5.74, 6) is 3.35. The molecule has 1 saturated heterocycles. The van der Waals surface area contributed by atoms with Crippen molar-refractivity contribution >= 4 is 11.8 Å². The second-order valence-corrected chi connectivity index (χ2v) is 6.48. The minimum absolute atomic E-state index is 0.652. The molecule has 1 heterocycles. The van der Waals surface area contributed by atoms with Gasteiger partial charge in [0.05, 0.1) is 0 Å². The molecule has 16 heavy (non-hydrogen) atoms. The fraction of sp³-hybridized carbons (Fsp3) is 1.00. The lowest BCUT2D eigenvalue weighted by atomic mass is 9.90. The van der Waals surface area contributed by atoms with Crippen molar-refractivity contribution in [2.75, 3.05) is 31.6 Å². The van der Waals surface area contributed by atoms with E-state index in [2.05, 4.69) is 38.0 Å². The molecule has 0 radical (unpaired) electrons. The van der Waals surface area contributed by atoms with Crippen LogP contribution >= 0.6 is 11.8 Å². The van der Waals surface area contributed by atoms with Gasteiger partial charge in [-0.2, -0.15) is 11.8 Å². The first-order chi connectivity index (χ1) is 7.63. The number of hydrogen-bond donors (Lipinski definition) is 1. The van der Waals surface area contributed by atoms with Crippen LogP contribution in [-0.4, -0.2) is 48.6 Å². The minimum atomic E-state index is 0.652. The number of piperidine rings is 1. The van der Waals surface area contributed by atoms with Gasteiger partial charge in [-0.25, -0.2) is 0 Å². The van der Waals surface area contributed by atoms with Crippen LogP contribution in [0.3, 0.4) is 0 Å². The molecule has 1 fully saturated rings. The second kappa shape index (κ2) is 7.57. The molecule has 1 aliphatic heterocycles. The molecule has 1 aliphatic rings. The van der Waals surface area contributed by atoms with Gasteiger partial charge in [-0.3, -0.25) is 0 Å². The summed E-state index contributed by atoms with van der Waals surface area (Å²) in [6.45, 7) is 9.46. The maximum absolute atomic E-state index is 3.76. The highest BCUT2D eigenvalue weighted by atomic mass is 32.2. The molecule has 3 heteroatoms. The van der Waals surface area contributed by atoms with Crippen LogP contribution < -0.4 is 5.32 Å². The highest BCUT2D eigenvalue weighted by Gasteiger charge is 2.22. The van der Waals surface area contributed by atoms with Gasteiger partial charge in [0.15, 0.2) is 0 Å². The van der Waals surface area contributed by atoms with E-state index >= 15 is 0 Å². The van der Waals surface area contributed by atoms with Crippen LogP contribution in [0.5, 0.6) is 0 Å². The molecule has 0 aliphatic carbocycles. The molecule has 1 rings (SSSR count). The van der Waals surface area contributed by atoms with E-state index in [4.69, 9.17) is 0 Å². The van der Waals surface area contributed by atoms with Crippen LogP contribution in [0.1, 0.15) is 33.6 Å². The molecule has 2 unspecified atom stereocenters. The van der Waals surface area contributed by atoms with Gasteiger partial charge in [-0.15, -0.1) is 0 Å². The van der Waals surface area contributed by atoms with E-state index in [-0.39, 0.29) is 0 Å². The number of hydrogen-bond acceptors (Lipinski definition) is 3. The normalized spacial score (nSPS) is 23.2. The molecule has 0 saturated carbocycles. The second-order valence-electron chi connectivity index (χ2n) is 5.16. The molecule has 0 amide bonds. The molecule has 0 aromatic carbocycles. The zero-order chi connectivity index (χ0) is 12.0. The van der Waals surface area contributed by atoms with E-state index in [0.29, 0.717) is 12.1 Å². The molecule has 96 valence electrons. The van der Waals surface area contributed by atoms with E-state index < -0.39 is 0 Å². The van der Waals surface area contributed by atoms with Gasteiger partial charge < -0.3 is 10.2 Å². The van der Waals surface area contributed by atoms with E-state index in [9.17, 15) is 0 Å². The number of thioether (sulfide) groups is 1. The molecule has 1 N–H and O–H groups in total. The van der Waals surface area contributed by atoms with Crippen LogP contribution in [0.2, 0.25) is 0 Å². The van der Waals surface area contributed by atoms with Gasteiger partial charge in [-0.1, -0.05) is 6.92 Å². The topological polar surface area (TPSA) is 15.3 Å². The van der Waals surface area contributed by atoms with Crippen molar-refractivity contribution in [3.8, 4) is 0 Å². The van der Waals surface area contributed by atoms with Crippen molar-refractivity contribution in [3.63, 3.8) is 0 Å². The Kier molecular flexibility index (Phi) is 6.78. The predicted molar refractivity (Wildman–Crippen MR) is 75.3 cm³/mol. The van der Waals surface area contributed by atoms with E-state index in [1.165, 1.54) is 37.4 Å². The van der Waals surface area contributed by atoms with Gasteiger partial charge in [0.25, 0.3) is 0 Å². The number of nitrogens with one attached hydrogen (secondary N) is 1. The molecular formula is C13H28N2S. The summed E-state index contributed by atoms with van der Waals surface area (Å²) in [5.41, 5.74) is 0. The first-order valence-electron chi connectivity index (χ1n) is 6.65. The summed E-state index contributed by atoms with van der Waals surface area (Å²) in [6.07, 6.45) is 2.72. The number of nitrogens with zero attached hydrogens (tertiary/aromatic N) is 1. The molecule has 2 atom stereocenters. The third-order valence-corrected chi connectivity index (χ3v) is 4.73. The fourth-order valence-electron chi connectivity index (χ4n) is 2.46. The van der Waals surface area contributed by atoms with Gasteiger partial charge in [-0.05, 0) is 58.5 Å². The van der Waals surface area contributed by atoms with Crippen LogP contribution in [0.15, 0.2) is 0 Å². The predicted octanol–water partition coefficient (Wildman–Crippen LogP) is 2.45. The van der Waals surface area contributed by atoms with Crippen molar-refractivity contribution < 1.29 is 0 Å². The lowest BCUT2D eigenvalue weighted by Crippen LogP contribution is -2.44. The molecule has 0 spiro atoms. The van der Waals surface area contributed by atoms with Crippen molar-refractivity contribution in [3.05, 3.63) is 0 Å². The number of likely N-dealkylation sites (tertiary alicyclic amines) is 1. The largest absolute Gasteiger partial charge is 0.311 e. The Balaban J connectivity index is 2.20. The zero-order valence-electron chi connectivity index (χ0n) is 11.3. The molecule has 0 bridgehead atoms. The lowest BCUT2D eigenvalue weighted by molar-refractivity contribution is 0.186. The van der Waals surface area contributed by atoms with E-state index in [1.54, 1.807) is 0 Å². The molecule has 2 nitrogen and oxygen atoms in total. The third kappa shape index (κ3) is 5.07. The summed E-state index contributed by atoms with van der Waals surface area (Å²) in [6, 6.07) is 1.33. The van der Waals surface area contributed by atoms with Gasteiger partial charge in [0.2, 0.25) is 0 Å². The summed E-state index contributed by atoms with van der Waals surface area (Å²) < 4.78 is 0. The van der Waals surface area contributed by atoms with Crippen LogP contribution in [0, 0.1) is 5.92 Å². The summed E-state index contributed by atoms with van der Waals surface area (Å²) in [5, 5.41) is 3.76. The molecule has 0 aromatic rings. The van der Waals surface area contributed by atoms with Crippen LogP contribution in [-0.2, 0) is 0 Å². The summed E-state index contributed by atoms with van der Waals surface area (Å²) >= 11 is 2.03. The van der Waals surface area contributed by atoms with Crippen molar-refractivity contribution in [2.24, 2.45) is 5.92 Å². The van der Waals surface area contributed by atoms with E-state index in [0.717, 1.165) is 5.92 Å². The lowest BCUT2D eigenvalue weighted by Gasteiger charge is -2.34. The SMILES string of the molecule is CCSCC(C)NC(C)C1CCN(C)CC1. The third-order valence-electron chi connectivity index (χ3n) is 3.59. The Hall–Kier alpha value is 0.270. The number of rotatable bonds is 6. The van der Waals surface area contributed by atoms with E-state index in [1.807, 2.05) is 11.8 Å². The average molecular weight is 244 g/mol. The zero-order valence-corrected chi connectivity index (χ0v) is 12.1. The van der Waals surface area contributed by atoms with Crippen LogP contribution in [0.25, 0.3) is 0 Å². The fourth-order valence-corrected chi connectivity index (χ4v) is 3.14. The summed E-state index contributed by atoms with van der Waals surface area (Å²) in [4.78, 5) is 2.44. The summed E-state index contributed by atoms with van der Waals surface area (Å²) in [7, 11) is 2.23. The monoisotopic (exact) mass is 244 g/mol. The van der Waals surface area contributed by atoms with Gasteiger partial charge >= 0.3 is 0 Å². The molecular weight excluding hydrogens is 216 g/mol.